The molecule has 1 aromatic carbocycles. The first-order valence-corrected chi connectivity index (χ1v) is 11.1. The van der Waals surface area contributed by atoms with Gasteiger partial charge in [0.2, 0.25) is 0 Å². The molecular formula is C23H25F3N6O4. The minimum absolute atomic E-state index is 0.0757. The molecule has 7 N–H and O–H groups in total. The average Bonchev–Trinajstić information content (AvgIpc) is 3.32. The highest BCUT2D eigenvalue weighted by atomic mass is 19.4. The smallest absolute Gasteiger partial charge is 0.406 e. The summed E-state index contributed by atoms with van der Waals surface area (Å²) >= 11 is 0. The normalized spacial score (nSPS) is 16.2. The van der Waals surface area contributed by atoms with E-state index < -0.39 is 35.2 Å². The average molecular weight is 506 g/mol. The molecule has 36 heavy (non-hydrogen) atoms. The number of nitrogens with one attached hydrogen (secondary N) is 3. The van der Waals surface area contributed by atoms with Crippen LogP contribution in [0.1, 0.15) is 51.4 Å². The zero-order valence-corrected chi connectivity index (χ0v) is 19.3. The van der Waals surface area contributed by atoms with E-state index in [-0.39, 0.29) is 16.9 Å². The number of rotatable bonds is 8. The van der Waals surface area contributed by atoms with E-state index in [1.165, 1.54) is 18.3 Å². The number of nitrogens with zero attached hydrogens (tertiary/aromatic N) is 1. The monoisotopic (exact) mass is 506 g/mol. The van der Waals surface area contributed by atoms with E-state index in [0.717, 1.165) is 12.1 Å². The number of aromatic nitrogens is 1. The van der Waals surface area contributed by atoms with Crippen LogP contribution in [0.25, 0.3) is 0 Å². The molecule has 4 rings (SSSR count). The van der Waals surface area contributed by atoms with E-state index >= 15 is 0 Å². The molecule has 0 atom stereocenters. The molecule has 0 bridgehead atoms. The number of halogens is 3. The highest BCUT2D eigenvalue weighted by molar-refractivity contribution is 6.44. The number of carbonyl (C=O) groups is 3. The van der Waals surface area contributed by atoms with Crippen LogP contribution in [0, 0.1) is 6.92 Å². The Balaban J connectivity index is 1.58. The zero-order chi connectivity index (χ0) is 26.3. The molecule has 1 aromatic heterocycles. The molecule has 192 valence electrons. The summed E-state index contributed by atoms with van der Waals surface area (Å²) in [6.07, 6.45) is -1.29. The largest absolute Gasteiger partial charge is 0.573 e. The van der Waals surface area contributed by atoms with Crippen LogP contribution in [0.4, 0.5) is 18.9 Å². The number of nitrogens with two attached hydrogens (primary N) is 2. The van der Waals surface area contributed by atoms with Gasteiger partial charge in [-0.15, -0.1) is 13.2 Å². The summed E-state index contributed by atoms with van der Waals surface area (Å²) in [7, 11) is 0. The van der Waals surface area contributed by atoms with Crippen molar-refractivity contribution in [2.75, 3.05) is 5.32 Å². The Kier molecular flexibility index (Phi) is 6.43. The van der Waals surface area contributed by atoms with Gasteiger partial charge >= 0.3 is 6.36 Å². The van der Waals surface area contributed by atoms with Crippen molar-refractivity contribution in [3.05, 3.63) is 58.7 Å². The number of carbonyl (C=O) groups excluding carboxylic acids is 3. The molecule has 0 unspecified atom stereocenters. The summed E-state index contributed by atoms with van der Waals surface area (Å²) in [4.78, 5) is 39.2. The maximum absolute atomic E-state index is 13.2. The second kappa shape index (κ2) is 9.22. The van der Waals surface area contributed by atoms with Gasteiger partial charge in [0.1, 0.15) is 11.4 Å². The van der Waals surface area contributed by atoms with Crippen LogP contribution in [0.3, 0.4) is 0 Å². The van der Waals surface area contributed by atoms with Crippen molar-refractivity contribution < 1.29 is 32.3 Å². The molecule has 10 nitrogen and oxygen atoms in total. The Hall–Kier alpha value is -4.00. The van der Waals surface area contributed by atoms with E-state index in [9.17, 15) is 27.6 Å². The van der Waals surface area contributed by atoms with Crippen LogP contribution in [0.15, 0.2) is 36.2 Å². The fourth-order valence-corrected chi connectivity index (χ4v) is 4.50. The van der Waals surface area contributed by atoms with Crippen molar-refractivity contribution in [1.29, 1.82) is 0 Å². The third kappa shape index (κ3) is 4.87. The van der Waals surface area contributed by atoms with Crippen molar-refractivity contribution in [3.8, 4) is 5.75 Å². The first-order chi connectivity index (χ1) is 17.0. The molecule has 1 fully saturated rings. The maximum Gasteiger partial charge on any atom is 0.573 e. The van der Waals surface area contributed by atoms with Crippen molar-refractivity contribution in [2.45, 2.75) is 51.1 Å². The lowest BCUT2D eigenvalue weighted by molar-refractivity contribution is -0.274. The van der Waals surface area contributed by atoms with Crippen LogP contribution in [-0.4, -0.2) is 34.1 Å². The molecule has 0 radical (unpaired) electrons. The summed E-state index contributed by atoms with van der Waals surface area (Å²) < 4.78 is 43.2. The second-order valence-corrected chi connectivity index (χ2v) is 8.71. The number of hydrogen-bond acceptors (Lipinski definition) is 7. The zero-order valence-electron chi connectivity index (χ0n) is 19.3. The minimum atomic E-state index is -4.88. The van der Waals surface area contributed by atoms with Crippen LogP contribution in [-0.2, 0) is 17.8 Å². The molecule has 1 saturated carbocycles. The predicted molar refractivity (Wildman–Crippen MR) is 123 cm³/mol. The summed E-state index contributed by atoms with van der Waals surface area (Å²) in [5.74, 6) is 2.49. The number of fused-ring (bicyclic) bond motifs is 1. The van der Waals surface area contributed by atoms with Crippen molar-refractivity contribution in [2.24, 2.45) is 11.6 Å². The third-order valence-corrected chi connectivity index (χ3v) is 6.28. The van der Waals surface area contributed by atoms with Gasteiger partial charge in [-0.3, -0.25) is 20.2 Å². The van der Waals surface area contributed by atoms with Gasteiger partial charge in [-0.1, -0.05) is 6.07 Å². The fraction of sp³-hybridized carbons (Fsp3) is 0.348. The maximum atomic E-state index is 13.2. The van der Waals surface area contributed by atoms with E-state index in [4.69, 9.17) is 11.6 Å². The van der Waals surface area contributed by atoms with Gasteiger partial charge in [0.05, 0.1) is 16.8 Å². The summed E-state index contributed by atoms with van der Waals surface area (Å²) in [5, 5.41) is 5.23. The molecule has 2 aromatic rings. The Labute approximate surface area is 203 Å². The van der Waals surface area contributed by atoms with Gasteiger partial charge in [-0.25, -0.2) is 0 Å². The van der Waals surface area contributed by atoms with Crippen LogP contribution >= 0.6 is 0 Å². The highest BCUT2D eigenvalue weighted by Crippen LogP contribution is 2.40. The highest BCUT2D eigenvalue weighted by Gasteiger charge is 2.48. The topological polar surface area (TPSA) is 153 Å². The number of anilines is 1. The van der Waals surface area contributed by atoms with E-state index in [0.29, 0.717) is 49.2 Å². The molecule has 2 aliphatic rings. The van der Waals surface area contributed by atoms with Crippen molar-refractivity contribution >= 4 is 23.3 Å². The molecule has 0 spiro atoms. The van der Waals surface area contributed by atoms with Gasteiger partial charge < -0.3 is 31.1 Å². The fourth-order valence-electron chi connectivity index (χ4n) is 4.50. The molecule has 1 aliphatic heterocycles. The summed E-state index contributed by atoms with van der Waals surface area (Å²) in [6, 6.07) is 4.86. The Morgan fingerprint density at radius 3 is 2.58 bits per heavy atom. The standard InChI is InChI=1S/C23H25F3N6O4/c1-12-17(19(33)21(35)31-22(7-8-22)16(27)11-29-28)15-6-3-9-32(15)18(12)20(34)30-13-4-2-5-14(10-13)36-23(24,25)26/h2,4-5,10-11,29H,3,6-9,27-28H2,1H3,(H,30,34)(H,31,35)/b16-11-. The lowest BCUT2D eigenvalue weighted by Gasteiger charge is -2.17. The number of ether oxygens (including phenoxy) is 1. The number of benzene rings is 1. The molecule has 2 heterocycles. The Morgan fingerprint density at radius 2 is 1.94 bits per heavy atom. The quantitative estimate of drug-likeness (QED) is 0.159. The number of Topliss-reactive ketones (excluding diaryl/α,β-unsaturated/α-hetero) is 1. The Bertz CT molecular complexity index is 1260. The van der Waals surface area contributed by atoms with Crippen molar-refractivity contribution in [1.82, 2.24) is 15.3 Å². The number of hydrogen-bond donors (Lipinski definition) is 5. The van der Waals surface area contributed by atoms with Crippen LogP contribution < -0.4 is 32.4 Å². The first-order valence-electron chi connectivity index (χ1n) is 11.1. The Morgan fingerprint density at radius 1 is 1.22 bits per heavy atom. The second-order valence-electron chi connectivity index (χ2n) is 8.71. The molecule has 2 amide bonds. The van der Waals surface area contributed by atoms with E-state index in [2.05, 4.69) is 20.8 Å². The summed E-state index contributed by atoms with van der Waals surface area (Å²) in [6.45, 7) is 2.01. The number of hydrazine groups is 1. The SMILES string of the molecule is Cc1c(C(=O)C(=O)NC2(/C(N)=C/NN)CC2)c2n(c1C(=O)Nc1cccc(OC(F)(F)F)c1)CCC2. The first kappa shape index (κ1) is 25.1. The van der Waals surface area contributed by atoms with Gasteiger partial charge in [0.25, 0.3) is 17.6 Å². The van der Waals surface area contributed by atoms with Gasteiger partial charge in [0, 0.05) is 30.2 Å². The van der Waals surface area contributed by atoms with Crippen LogP contribution in [0.2, 0.25) is 0 Å². The minimum Gasteiger partial charge on any atom is -0.406 e. The van der Waals surface area contributed by atoms with Gasteiger partial charge in [-0.05, 0) is 50.3 Å². The molecular weight excluding hydrogens is 481 g/mol. The number of alkyl halides is 3. The van der Waals surface area contributed by atoms with Gasteiger partial charge in [-0.2, -0.15) is 0 Å². The lowest BCUT2D eigenvalue weighted by atomic mass is 10.0. The summed E-state index contributed by atoms with van der Waals surface area (Å²) in [5.41, 5.74) is 8.95. The number of amides is 2. The third-order valence-electron chi connectivity index (χ3n) is 6.28. The van der Waals surface area contributed by atoms with Crippen LogP contribution in [0.5, 0.6) is 5.75 Å². The molecule has 1 aliphatic carbocycles. The predicted octanol–water partition coefficient (Wildman–Crippen LogP) is 1.99. The van der Waals surface area contributed by atoms with Crippen molar-refractivity contribution in [3.63, 3.8) is 0 Å². The van der Waals surface area contributed by atoms with Gasteiger partial charge in [0.15, 0.2) is 0 Å². The molecule has 0 saturated heterocycles. The van der Waals surface area contributed by atoms with E-state index in [1.807, 2.05) is 0 Å². The number of ketones is 1. The van der Waals surface area contributed by atoms with E-state index in [1.54, 1.807) is 11.5 Å². The lowest BCUT2D eigenvalue weighted by Crippen LogP contribution is -2.45. The molecule has 13 heteroatoms.